The molecule has 0 aliphatic carbocycles. The topological polar surface area (TPSA) is 68.2 Å². The molecule has 6 nitrogen and oxygen atoms in total. The lowest BCUT2D eigenvalue weighted by molar-refractivity contribution is 0.0519. The van der Waals surface area contributed by atoms with Crippen molar-refractivity contribution in [1.82, 2.24) is 19.9 Å². The Morgan fingerprint density at radius 3 is 2.86 bits per heavy atom. The van der Waals surface area contributed by atoms with E-state index in [9.17, 15) is 4.79 Å². The maximum atomic E-state index is 12.5. The number of halogens is 1. The summed E-state index contributed by atoms with van der Waals surface area (Å²) >= 11 is 4.67. The third-order valence-corrected chi connectivity index (χ3v) is 4.80. The second-order valence-electron chi connectivity index (χ2n) is 5.08. The number of thiazole rings is 1. The van der Waals surface area contributed by atoms with Gasteiger partial charge in [-0.05, 0) is 35.7 Å². The highest BCUT2D eigenvalue weighted by Gasteiger charge is 2.27. The van der Waals surface area contributed by atoms with E-state index in [2.05, 4.69) is 30.9 Å². The van der Waals surface area contributed by atoms with E-state index in [1.165, 1.54) is 11.3 Å². The molecule has 3 rings (SSSR count). The lowest BCUT2D eigenvalue weighted by Crippen LogP contribution is -2.44. The molecule has 8 heteroatoms. The Morgan fingerprint density at radius 2 is 2.18 bits per heavy atom. The minimum atomic E-state index is -0.0768. The number of carbonyl (C=O) groups is 1. The summed E-state index contributed by atoms with van der Waals surface area (Å²) in [5, 5.41) is 0. The van der Waals surface area contributed by atoms with Gasteiger partial charge in [0.15, 0.2) is 0 Å². The molecule has 1 aliphatic heterocycles. The van der Waals surface area contributed by atoms with Gasteiger partial charge in [-0.3, -0.25) is 4.79 Å². The van der Waals surface area contributed by atoms with E-state index in [4.69, 9.17) is 4.74 Å². The van der Waals surface area contributed by atoms with Crippen molar-refractivity contribution >= 4 is 33.2 Å². The number of aromatic nitrogens is 3. The fraction of sp³-hybridized carbons (Fsp3) is 0.429. The Kier molecular flexibility index (Phi) is 4.68. The van der Waals surface area contributed by atoms with Crippen molar-refractivity contribution in [1.29, 1.82) is 0 Å². The molecule has 1 atom stereocenters. The first kappa shape index (κ1) is 15.4. The monoisotopic (exact) mass is 382 g/mol. The number of rotatable bonds is 3. The number of hydrogen-bond acceptors (Lipinski definition) is 6. The van der Waals surface area contributed by atoms with Crippen LogP contribution in [0.25, 0.3) is 0 Å². The molecule has 2 aromatic rings. The van der Waals surface area contributed by atoms with Gasteiger partial charge in [-0.15, -0.1) is 11.3 Å². The van der Waals surface area contributed by atoms with Crippen molar-refractivity contribution in [3.05, 3.63) is 32.9 Å². The summed E-state index contributed by atoms with van der Waals surface area (Å²) in [5.41, 5.74) is 2.49. The molecule has 0 aromatic carbocycles. The highest BCUT2D eigenvalue weighted by atomic mass is 79.9. The number of carbonyl (C=O) groups excluding carboxylic acids is 1. The summed E-state index contributed by atoms with van der Waals surface area (Å²) in [4.78, 5) is 27.4. The predicted molar refractivity (Wildman–Crippen MR) is 86.1 cm³/mol. The lowest BCUT2D eigenvalue weighted by atomic mass is 10.1. The van der Waals surface area contributed by atoms with Crippen molar-refractivity contribution in [2.75, 3.05) is 13.1 Å². The number of piperidine rings is 1. The molecule has 2 aromatic heterocycles. The second kappa shape index (κ2) is 6.70. The zero-order valence-electron chi connectivity index (χ0n) is 12.0. The van der Waals surface area contributed by atoms with Crippen molar-refractivity contribution in [2.45, 2.75) is 25.9 Å². The number of likely N-dealkylation sites (tertiary alicyclic amines) is 1. The summed E-state index contributed by atoms with van der Waals surface area (Å²) in [6.45, 7) is 3.16. The SMILES string of the molecule is Cc1ncsc1C(=O)N1CCCC(Oc2ncc(Br)cn2)C1. The summed E-state index contributed by atoms with van der Waals surface area (Å²) in [7, 11) is 0. The Labute approximate surface area is 140 Å². The van der Waals surface area contributed by atoms with Gasteiger partial charge in [0.05, 0.1) is 22.2 Å². The molecule has 1 aliphatic rings. The molecular weight excluding hydrogens is 368 g/mol. The van der Waals surface area contributed by atoms with Gasteiger partial charge in [0.25, 0.3) is 5.91 Å². The fourth-order valence-corrected chi connectivity index (χ4v) is 3.35. The maximum absolute atomic E-state index is 12.5. The third-order valence-electron chi connectivity index (χ3n) is 3.47. The van der Waals surface area contributed by atoms with Crippen LogP contribution in [0.2, 0.25) is 0 Å². The molecule has 0 radical (unpaired) electrons. The van der Waals surface area contributed by atoms with Crippen LogP contribution in [-0.2, 0) is 0 Å². The first-order valence-electron chi connectivity index (χ1n) is 6.97. The molecule has 22 heavy (non-hydrogen) atoms. The van der Waals surface area contributed by atoms with Crippen molar-refractivity contribution in [3.63, 3.8) is 0 Å². The van der Waals surface area contributed by atoms with Crippen LogP contribution in [0.1, 0.15) is 28.2 Å². The number of nitrogens with zero attached hydrogens (tertiary/aromatic N) is 4. The fourth-order valence-electron chi connectivity index (χ4n) is 2.38. The number of hydrogen-bond donors (Lipinski definition) is 0. The van der Waals surface area contributed by atoms with Gasteiger partial charge in [0.1, 0.15) is 11.0 Å². The van der Waals surface area contributed by atoms with Crippen LogP contribution in [0.3, 0.4) is 0 Å². The molecule has 1 fully saturated rings. The molecule has 1 amide bonds. The Morgan fingerprint density at radius 1 is 1.41 bits per heavy atom. The van der Waals surface area contributed by atoms with Gasteiger partial charge >= 0.3 is 6.01 Å². The van der Waals surface area contributed by atoms with Crippen LogP contribution in [0, 0.1) is 6.92 Å². The lowest BCUT2D eigenvalue weighted by Gasteiger charge is -2.32. The largest absolute Gasteiger partial charge is 0.458 e. The van der Waals surface area contributed by atoms with Gasteiger partial charge in [0.2, 0.25) is 0 Å². The van der Waals surface area contributed by atoms with Crippen LogP contribution in [0.15, 0.2) is 22.4 Å². The van der Waals surface area contributed by atoms with Crippen molar-refractivity contribution < 1.29 is 9.53 Å². The molecule has 0 saturated carbocycles. The maximum Gasteiger partial charge on any atom is 0.316 e. The summed E-state index contributed by atoms with van der Waals surface area (Å²) in [5.74, 6) is 0.0324. The van der Waals surface area contributed by atoms with Crippen LogP contribution in [-0.4, -0.2) is 45.0 Å². The standard InChI is InChI=1S/C14H15BrN4O2S/c1-9-12(22-8-18-9)13(20)19-4-2-3-11(7-19)21-14-16-5-10(15)6-17-14/h5-6,8,11H,2-4,7H2,1H3. The molecule has 0 N–H and O–H groups in total. The first-order chi connectivity index (χ1) is 10.6. The molecule has 0 bridgehead atoms. The van der Waals surface area contributed by atoms with Gasteiger partial charge in [-0.25, -0.2) is 15.0 Å². The van der Waals surface area contributed by atoms with E-state index in [1.54, 1.807) is 17.9 Å². The van der Waals surface area contributed by atoms with E-state index in [0.29, 0.717) is 17.4 Å². The average molecular weight is 383 g/mol. The molecule has 3 heterocycles. The van der Waals surface area contributed by atoms with Crippen LogP contribution in [0.5, 0.6) is 6.01 Å². The summed E-state index contributed by atoms with van der Waals surface area (Å²) in [6, 6.07) is 0.344. The van der Waals surface area contributed by atoms with E-state index in [0.717, 1.165) is 29.6 Å². The van der Waals surface area contributed by atoms with Crippen molar-refractivity contribution in [2.24, 2.45) is 0 Å². The molecule has 0 spiro atoms. The van der Waals surface area contributed by atoms with Crippen LogP contribution >= 0.6 is 27.3 Å². The predicted octanol–water partition coefficient (Wildman–Crippen LogP) is 2.69. The molecule has 116 valence electrons. The molecular formula is C14H15BrN4O2S. The van der Waals surface area contributed by atoms with Crippen LogP contribution < -0.4 is 4.74 Å². The zero-order valence-corrected chi connectivity index (χ0v) is 14.4. The Hall–Kier alpha value is -1.54. The number of aryl methyl sites for hydroxylation is 1. The average Bonchev–Trinajstić information content (AvgIpc) is 2.95. The van der Waals surface area contributed by atoms with E-state index >= 15 is 0 Å². The quantitative estimate of drug-likeness (QED) is 0.815. The molecule has 1 saturated heterocycles. The minimum absolute atomic E-state index is 0.0324. The summed E-state index contributed by atoms with van der Waals surface area (Å²) in [6.07, 6.45) is 5.02. The van der Waals surface area contributed by atoms with Gasteiger partial charge < -0.3 is 9.64 Å². The van der Waals surface area contributed by atoms with Crippen molar-refractivity contribution in [3.8, 4) is 6.01 Å². The number of amides is 1. The summed E-state index contributed by atoms with van der Waals surface area (Å²) < 4.78 is 6.60. The van der Waals surface area contributed by atoms with E-state index in [-0.39, 0.29) is 12.0 Å². The zero-order chi connectivity index (χ0) is 15.5. The first-order valence-corrected chi connectivity index (χ1v) is 8.64. The normalized spacial score (nSPS) is 18.3. The third kappa shape index (κ3) is 3.44. The van der Waals surface area contributed by atoms with E-state index in [1.807, 2.05) is 11.8 Å². The Balaban J connectivity index is 1.65. The van der Waals surface area contributed by atoms with Gasteiger partial charge in [0, 0.05) is 18.9 Å². The van der Waals surface area contributed by atoms with Crippen LogP contribution in [0.4, 0.5) is 0 Å². The molecule has 1 unspecified atom stereocenters. The smallest absolute Gasteiger partial charge is 0.316 e. The highest BCUT2D eigenvalue weighted by Crippen LogP contribution is 2.21. The van der Waals surface area contributed by atoms with E-state index < -0.39 is 0 Å². The highest BCUT2D eigenvalue weighted by molar-refractivity contribution is 9.10. The minimum Gasteiger partial charge on any atom is -0.458 e. The van der Waals surface area contributed by atoms with Gasteiger partial charge in [-0.2, -0.15) is 0 Å². The second-order valence-corrected chi connectivity index (χ2v) is 6.85. The van der Waals surface area contributed by atoms with Gasteiger partial charge in [-0.1, -0.05) is 0 Å². The Bertz CT molecular complexity index is 661. The number of ether oxygens (including phenoxy) is 1.